The number of pyridine rings is 2. The normalized spacial score (nSPS) is 12.2. The van der Waals surface area contributed by atoms with Gasteiger partial charge < -0.3 is 14.4 Å². The maximum atomic E-state index is 5.61. The molecule has 29 heavy (non-hydrogen) atoms. The van der Waals surface area contributed by atoms with Crippen LogP contribution in [0.5, 0.6) is 5.88 Å². The number of hydrogen-bond acceptors (Lipinski definition) is 5. The molecule has 0 unspecified atom stereocenters. The highest BCUT2D eigenvalue weighted by Gasteiger charge is 2.24. The van der Waals surface area contributed by atoms with Crippen LogP contribution in [0.2, 0.25) is 0 Å². The minimum Gasteiger partial charge on any atom is -0.480 e. The number of rotatable bonds is 9. The van der Waals surface area contributed by atoms with Crippen molar-refractivity contribution in [3.8, 4) is 17.1 Å². The van der Waals surface area contributed by atoms with Crippen LogP contribution < -0.4 is 9.64 Å². The first kappa shape index (κ1) is 23.4. The minimum absolute atomic E-state index is 0.182. The molecule has 0 aliphatic heterocycles. The highest BCUT2D eigenvalue weighted by molar-refractivity contribution is 9.10. The number of ether oxygens (including phenoxy) is 2. The maximum absolute atomic E-state index is 5.61. The molecule has 6 heteroatoms. The van der Waals surface area contributed by atoms with Gasteiger partial charge in [0, 0.05) is 25.4 Å². The standard InChI is InChI=1S/C23H32BrN3O2/c1-9-12-27(15(4)13-28-7)21-17(6)16(5)20(26-22(21)24)18-10-11-19(14(2)3)25-23(18)29-8/h9-11,14-15H,1,12-13H2,2-8H3/t15-/m0/s1. The number of hydrogen-bond donors (Lipinski definition) is 0. The Labute approximate surface area is 183 Å². The lowest BCUT2D eigenvalue weighted by Crippen LogP contribution is -2.37. The second-order valence-electron chi connectivity index (χ2n) is 7.54. The first-order chi connectivity index (χ1) is 13.8. The van der Waals surface area contributed by atoms with Gasteiger partial charge in [-0.05, 0) is 65.9 Å². The second-order valence-corrected chi connectivity index (χ2v) is 8.29. The Morgan fingerprint density at radius 1 is 1.14 bits per heavy atom. The van der Waals surface area contributed by atoms with Gasteiger partial charge in [-0.2, -0.15) is 0 Å². The molecule has 2 aromatic heterocycles. The summed E-state index contributed by atoms with van der Waals surface area (Å²) in [6, 6.07) is 4.28. The SMILES string of the molecule is C=CCN(c1c(Br)nc(-c2ccc(C(C)C)nc2OC)c(C)c1C)[C@@H](C)COC. The summed E-state index contributed by atoms with van der Waals surface area (Å²) in [5.74, 6) is 0.930. The van der Waals surface area contributed by atoms with Crippen LogP contribution in [0.15, 0.2) is 29.4 Å². The Hall–Kier alpha value is -1.92. The van der Waals surface area contributed by atoms with Crippen molar-refractivity contribution in [1.29, 1.82) is 0 Å². The largest absolute Gasteiger partial charge is 0.480 e. The van der Waals surface area contributed by atoms with Crippen molar-refractivity contribution in [2.24, 2.45) is 0 Å². The fraction of sp³-hybridized carbons (Fsp3) is 0.478. The van der Waals surface area contributed by atoms with Gasteiger partial charge in [0.15, 0.2) is 0 Å². The van der Waals surface area contributed by atoms with Crippen molar-refractivity contribution in [3.05, 3.63) is 46.2 Å². The summed E-state index contributed by atoms with van der Waals surface area (Å²) in [6.45, 7) is 15.8. The number of anilines is 1. The Kier molecular flexibility index (Phi) is 8.23. The fourth-order valence-electron chi connectivity index (χ4n) is 3.42. The molecule has 0 aromatic carbocycles. The fourth-order valence-corrected chi connectivity index (χ4v) is 4.12. The molecule has 0 N–H and O–H groups in total. The van der Waals surface area contributed by atoms with E-state index in [1.54, 1.807) is 14.2 Å². The monoisotopic (exact) mass is 461 g/mol. The van der Waals surface area contributed by atoms with E-state index in [1.165, 1.54) is 0 Å². The van der Waals surface area contributed by atoms with Crippen LogP contribution in [0, 0.1) is 13.8 Å². The van der Waals surface area contributed by atoms with Crippen LogP contribution in [0.4, 0.5) is 5.69 Å². The molecule has 2 heterocycles. The van der Waals surface area contributed by atoms with Crippen molar-refractivity contribution in [2.45, 2.75) is 46.6 Å². The van der Waals surface area contributed by atoms with E-state index in [0.717, 1.165) is 38.4 Å². The molecule has 0 aliphatic carbocycles. The highest BCUT2D eigenvalue weighted by atomic mass is 79.9. The first-order valence-corrected chi connectivity index (χ1v) is 10.6. The molecule has 158 valence electrons. The zero-order chi connectivity index (χ0) is 21.7. The van der Waals surface area contributed by atoms with Crippen LogP contribution in [-0.2, 0) is 4.74 Å². The summed E-state index contributed by atoms with van der Waals surface area (Å²) in [7, 11) is 3.37. The molecule has 0 saturated heterocycles. The number of halogens is 1. The van der Waals surface area contributed by atoms with Gasteiger partial charge in [-0.3, -0.25) is 0 Å². The Morgan fingerprint density at radius 3 is 2.38 bits per heavy atom. The smallest absolute Gasteiger partial charge is 0.222 e. The predicted molar refractivity (Wildman–Crippen MR) is 124 cm³/mol. The Balaban J connectivity index is 2.63. The van der Waals surface area contributed by atoms with Gasteiger partial charge in [0.25, 0.3) is 0 Å². The zero-order valence-corrected chi connectivity index (χ0v) is 20.1. The van der Waals surface area contributed by atoms with Gasteiger partial charge in [0.2, 0.25) is 5.88 Å². The summed E-state index contributed by atoms with van der Waals surface area (Å²) < 4.78 is 11.8. The lowest BCUT2D eigenvalue weighted by molar-refractivity contribution is 0.182. The van der Waals surface area contributed by atoms with Crippen LogP contribution in [-0.4, -0.2) is 43.4 Å². The van der Waals surface area contributed by atoms with Crippen molar-refractivity contribution in [1.82, 2.24) is 9.97 Å². The molecule has 5 nitrogen and oxygen atoms in total. The minimum atomic E-state index is 0.182. The summed E-state index contributed by atoms with van der Waals surface area (Å²) in [4.78, 5) is 11.9. The van der Waals surface area contributed by atoms with Gasteiger partial charge in [-0.25, -0.2) is 9.97 Å². The molecule has 0 saturated carbocycles. The average molecular weight is 462 g/mol. The summed E-state index contributed by atoms with van der Waals surface area (Å²) in [6.07, 6.45) is 1.90. The summed E-state index contributed by atoms with van der Waals surface area (Å²) in [5.41, 5.74) is 6.07. The average Bonchev–Trinajstić information content (AvgIpc) is 2.69. The van der Waals surface area contributed by atoms with E-state index in [2.05, 4.69) is 73.1 Å². The van der Waals surface area contributed by atoms with E-state index < -0.39 is 0 Å². The molecule has 0 bridgehead atoms. The number of aromatic nitrogens is 2. The van der Waals surface area contributed by atoms with Crippen LogP contribution in [0.1, 0.15) is 43.5 Å². The quantitative estimate of drug-likeness (QED) is 0.354. The van der Waals surface area contributed by atoms with Gasteiger partial charge >= 0.3 is 0 Å². The van der Waals surface area contributed by atoms with Crippen molar-refractivity contribution < 1.29 is 9.47 Å². The number of methoxy groups -OCH3 is 2. The molecule has 0 radical (unpaired) electrons. The molecule has 0 fully saturated rings. The molecule has 2 rings (SSSR count). The summed E-state index contributed by atoms with van der Waals surface area (Å²) >= 11 is 3.71. The van der Waals surface area contributed by atoms with Crippen LogP contribution in [0.3, 0.4) is 0 Å². The number of nitrogens with zero attached hydrogens (tertiary/aromatic N) is 3. The Bertz CT molecular complexity index is 868. The van der Waals surface area contributed by atoms with Crippen LogP contribution >= 0.6 is 15.9 Å². The van der Waals surface area contributed by atoms with Gasteiger partial charge in [0.1, 0.15) is 4.60 Å². The molecular formula is C23H32BrN3O2. The van der Waals surface area contributed by atoms with Crippen molar-refractivity contribution >= 4 is 21.6 Å². The lowest BCUT2D eigenvalue weighted by atomic mass is 10.0. The van der Waals surface area contributed by atoms with E-state index in [-0.39, 0.29) is 6.04 Å². The highest BCUT2D eigenvalue weighted by Crippen LogP contribution is 2.39. The van der Waals surface area contributed by atoms with E-state index in [4.69, 9.17) is 14.5 Å². The lowest BCUT2D eigenvalue weighted by Gasteiger charge is -2.32. The third-order valence-corrected chi connectivity index (χ3v) is 5.71. The third-order valence-electron chi connectivity index (χ3n) is 5.15. The van der Waals surface area contributed by atoms with Gasteiger partial charge in [-0.1, -0.05) is 19.9 Å². The van der Waals surface area contributed by atoms with Crippen molar-refractivity contribution in [3.63, 3.8) is 0 Å². The van der Waals surface area contributed by atoms with E-state index >= 15 is 0 Å². The third kappa shape index (κ3) is 4.98. The second kappa shape index (κ2) is 10.2. The Morgan fingerprint density at radius 2 is 1.83 bits per heavy atom. The van der Waals surface area contributed by atoms with Crippen molar-refractivity contribution in [2.75, 3.05) is 32.3 Å². The molecule has 0 aliphatic rings. The zero-order valence-electron chi connectivity index (χ0n) is 18.5. The van der Waals surface area contributed by atoms with E-state index in [0.29, 0.717) is 24.9 Å². The predicted octanol–water partition coefficient (Wildman–Crippen LogP) is 5.68. The molecule has 1 atom stereocenters. The van der Waals surface area contributed by atoms with Crippen LogP contribution in [0.25, 0.3) is 11.3 Å². The van der Waals surface area contributed by atoms with E-state index in [1.807, 2.05) is 12.1 Å². The summed E-state index contributed by atoms with van der Waals surface area (Å²) in [5, 5.41) is 0. The van der Waals surface area contributed by atoms with Gasteiger partial charge in [0.05, 0.1) is 30.7 Å². The van der Waals surface area contributed by atoms with E-state index in [9.17, 15) is 0 Å². The molecule has 0 amide bonds. The van der Waals surface area contributed by atoms with Gasteiger partial charge in [-0.15, -0.1) is 6.58 Å². The maximum Gasteiger partial charge on any atom is 0.222 e. The molecule has 0 spiro atoms. The first-order valence-electron chi connectivity index (χ1n) is 9.85. The molecular weight excluding hydrogens is 430 g/mol. The molecule has 2 aromatic rings. The topological polar surface area (TPSA) is 47.5 Å².